The van der Waals surface area contributed by atoms with Crippen molar-refractivity contribution in [2.75, 3.05) is 11.4 Å². The van der Waals surface area contributed by atoms with Gasteiger partial charge in [0, 0.05) is 28.0 Å². The first kappa shape index (κ1) is 14.5. The minimum atomic E-state index is -0.252. The second-order valence-electron chi connectivity index (χ2n) is 4.30. The van der Waals surface area contributed by atoms with Crippen molar-refractivity contribution in [3.8, 4) is 0 Å². The molecule has 3 N–H and O–H groups in total. The van der Waals surface area contributed by atoms with Gasteiger partial charge in [0.2, 0.25) is 0 Å². The van der Waals surface area contributed by atoms with E-state index < -0.39 is 0 Å². The van der Waals surface area contributed by atoms with E-state index in [0.29, 0.717) is 5.56 Å². The molecule has 0 spiro atoms. The molecule has 2 aromatic rings. The van der Waals surface area contributed by atoms with Crippen LogP contribution in [0.2, 0.25) is 0 Å². The van der Waals surface area contributed by atoms with Crippen molar-refractivity contribution in [1.29, 1.82) is 5.41 Å². The molecular weight excluding hydrogens is 321 g/mol. The third-order valence-electron chi connectivity index (χ3n) is 3.01. The highest BCUT2D eigenvalue weighted by Crippen LogP contribution is 2.29. The Hall–Kier alpha value is -1.88. The Kier molecular flexibility index (Phi) is 4.39. The molecule has 0 aliphatic heterocycles. The van der Waals surface area contributed by atoms with E-state index in [1.807, 2.05) is 24.0 Å². The van der Waals surface area contributed by atoms with Gasteiger partial charge in [-0.25, -0.2) is 4.39 Å². The molecule has 0 bridgehead atoms. The predicted octanol–water partition coefficient (Wildman–Crippen LogP) is 4.03. The summed E-state index contributed by atoms with van der Waals surface area (Å²) in [5, 5.41) is 7.48. The van der Waals surface area contributed by atoms with E-state index in [2.05, 4.69) is 15.9 Å². The van der Waals surface area contributed by atoms with Gasteiger partial charge in [-0.2, -0.15) is 0 Å². The second-order valence-corrected chi connectivity index (χ2v) is 5.15. The van der Waals surface area contributed by atoms with Gasteiger partial charge in [0.1, 0.15) is 11.7 Å². The number of nitrogens with zero attached hydrogens (tertiary/aromatic N) is 1. The number of amidine groups is 1. The Morgan fingerprint density at radius 2 is 1.80 bits per heavy atom. The van der Waals surface area contributed by atoms with Crippen molar-refractivity contribution in [2.24, 2.45) is 5.73 Å². The maximum atomic E-state index is 13.0. The molecule has 0 saturated carbocycles. The predicted molar refractivity (Wildman–Crippen MR) is 84.2 cm³/mol. The molecule has 0 radical (unpaired) electrons. The number of hydrogen-bond donors (Lipinski definition) is 2. The van der Waals surface area contributed by atoms with Gasteiger partial charge < -0.3 is 10.6 Å². The highest BCUT2D eigenvalue weighted by Gasteiger charge is 2.10. The number of hydrogen-bond acceptors (Lipinski definition) is 2. The lowest BCUT2D eigenvalue weighted by molar-refractivity contribution is 0.628. The molecule has 0 aromatic heterocycles. The molecule has 3 nitrogen and oxygen atoms in total. The van der Waals surface area contributed by atoms with E-state index >= 15 is 0 Å². The van der Waals surface area contributed by atoms with Crippen LogP contribution < -0.4 is 10.6 Å². The fraction of sp³-hybridized carbons (Fsp3) is 0.133. The molecule has 0 atom stereocenters. The summed E-state index contributed by atoms with van der Waals surface area (Å²) in [4.78, 5) is 2.05. The fourth-order valence-electron chi connectivity index (χ4n) is 2.03. The summed E-state index contributed by atoms with van der Waals surface area (Å²) in [6.45, 7) is 2.77. The Bertz CT molecular complexity index is 626. The van der Waals surface area contributed by atoms with E-state index in [4.69, 9.17) is 11.1 Å². The molecule has 0 fully saturated rings. The topological polar surface area (TPSA) is 53.1 Å². The Labute approximate surface area is 125 Å². The van der Waals surface area contributed by atoms with E-state index in [9.17, 15) is 4.39 Å². The minimum absolute atomic E-state index is 0.0215. The first-order valence-corrected chi connectivity index (χ1v) is 6.99. The van der Waals surface area contributed by atoms with Gasteiger partial charge in [0.25, 0.3) is 0 Å². The Balaban J connectivity index is 2.39. The van der Waals surface area contributed by atoms with Crippen molar-refractivity contribution in [3.05, 3.63) is 58.3 Å². The van der Waals surface area contributed by atoms with Gasteiger partial charge in [-0.3, -0.25) is 5.41 Å². The molecule has 0 unspecified atom stereocenters. The van der Waals surface area contributed by atoms with Crippen molar-refractivity contribution in [3.63, 3.8) is 0 Å². The van der Waals surface area contributed by atoms with Gasteiger partial charge in [-0.05, 0) is 65.3 Å². The number of halogens is 2. The highest BCUT2D eigenvalue weighted by molar-refractivity contribution is 9.10. The number of anilines is 2. The van der Waals surface area contributed by atoms with Crippen LogP contribution >= 0.6 is 15.9 Å². The largest absolute Gasteiger partial charge is 0.384 e. The van der Waals surface area contributed by atoms with E-state index in [1.54, 1.807) is 18.2 Å². The van der Waals surface area contributed by atoms with Crippen LogP contribution in [0.4, 0.5) is 15.8 Å². The van der Waals surface area contributed by atoms with Crippen molar-refractivity contribution < 1.29 is 4.39 Å². The summed E-state index contributed by atoms with van der Waals surface area (Å²) < 4.78 is 13.8. The van der Waals surface area contributed by atoms with Crippen LogP contribution in [0, 0.1) is 11.2 Å². The van der Waals surface area contributed by atoms with Gasteiger partial charge in [-0.1, -0.05) is 0 Å². The van der Waals surface area contributed by atoms with Crippen LogP contribution in [-0.4, -0.2) is 12.4 Å². The van der Waals surface area contributed by atoms with Gasteiger partial charge in [-0.15, -0.1) is 0 Å². The molecule has 0 amide bonds. The molecular formula is C15H15BrFN3. The first-order chi connectivity index (χ1) is 9.52. The number of nitrogens with two attached hydrogens (primary N) is 1. The fourth-order valence-corrected chi connectivity index (χ4v) is 2.61. The molecule has 2 aromatic carbocycles. The first-order valence-electron chi connectivity index (χ1n) is 6.20. The van der Waals surface area contributed by atoms with Crippen molar-refractivity contribution in [1.82, 2.24) is 0 Å². The number of rotatable bonds is 4. The lowest BCUT2D eigenvalue weighted by Crippen LogP contribution is -2.17. The van der Waals surface area contributed by atoms with Crippen molar-refractivity contribution in [2.45, 2.75) is 6.92 Å². The summed E-state index contributed by atoms with van der Waals surface area (Å²) in [7, 11) is 0. The van der Waals surface area contributed by atoms with Crippen LogP contribution in [-0.2, 0) is 0 Å². The molecule has 2 rings (SSSR count). The average Bonchev–Trinajstić information content (AvgIpc) is 2.41. The van der Waals surface area contributed by atoms with Crippen LogP contribution in [0.25, 0.3) is 0 Å². The Morgan fingerprint density at radius 3 is 2.30 bits per heavy atom. The number of nitrogens with one attached hydrogen (secondary N) is 1. The lowest BCUT2D eigenvalue weighted by atomic mass is 10.1. The minimum Gasteiger partial charge on any atom is -0.384 e. The summed E-state index contributed by atoms with van der Waals surface area (Å²) in [5.74, 6) is -0.230. The van der Waals surface area contributed by atoms with E-state index in [-0.39, 0.29) is 11.7 Å². The molecule has 0 saturated heterocycles. The SMILES string of the molecule is CCN(c1ccc(F)cc1)c1ccc(C(=N)N)c(Br)c1. The zero-order valence-corrected chi connectivity index (χ0v) is 12.6. The molecule has 20 heavy (non-hydrogen) atoms. The number of nitrogen functional groups attached to an aromatic ring is 1. The zero-order chi connectivity index (χ0) is 14.7. The lowest BCUT2D eigenvalue weighted by Gasteiger charge is -2.24. The van der Waals surface area contributed by atoms with Gasteiger partial charge in [0.05, 0.1) is 0 Å². The normalized spacial score (nSPS) is 10.3. The second kappa shape index (κ2) is 6.05. The monoisotopic (exact) mass is 335 g/mol. The molecule has 0 heterocycles. The Morgan fingerprint density at radius 1 is 1.20 bits per heavy atom. The molecule has 5 heteroatoms. The van der Waals surface area contributed by atoms with Crippen LogP contribution in [0.15, 0.2) is 46.9 Å². The third kappa shape index (κ3) is 2.99. The smallest absolute Gasteiger partial charge is 0.123 e. The maximum absolute atomic E-state index is 13.0. The van der Waals surface area contributed by atoms with E-state index in [0.717, 1.165) is 22.4 Å². The quantitative estimate of drug-likeness (QED) is 0.654. The average molecular weight is 336 g/mol. The number of benzene rings is 2. The highest BCUT2D eigenvalue weighted by atomic mass is 79.9. The van der Waals surface area contributed by atoms with Gasteiger partial charge >= 0.3 is 0 Å². The molecule has 104 valence electrons. The maximum Gasteiger partial charge on any atom is 0.123 e. The summed E-state index contributed by atoms with van der Waals surface area (Å²) in [5.41, 5.74) is 8.02. The summed E-state index contributed by atoms with van der Waals surface area (Å²) in [6, 6.07) is 12.0. The van der Waals surface area contributed by atoms with Crippen molar-refractivity contribution >= 4 is 33.1 Å². The standard InChI is InChI=1S/C15H15BrFN3/c1-2-20(11-5-3-10(17)4-6-11)12-7-8-13(15(18)19)14(16)9-12/h3-9H,2H2,1H3,(H3,18,19). The molecule has 0 aliphatic carbocycles. The van der Waals surface area contributed by atoms with Crippen LogP contribution in [0.3, 0.4) is 0 Å². The third-order valence-corrected chi connectivity index (χ3v) is 3.67. The molecule has 0 aliphatic rings. The zero-order valence-electron chi connectivity index (χ0n) is 11.0. The van der Waals surface area contributed by atoms with Crippen LogP contribution in [0.1, 0.15) is 12.5 Å². The van der Waals surface area contributed by atoms with E-state index in [1.165, 1.54) is 12.1 Å². The summed E-state index contributed by atoms with van der Waals surface area (Å²) >= 11 is 3.42. The van der Waals surface area contributed by atoms with Crippen LogP contribution in [0.5, 0.6) is 0 Å². The summed E-state index contributed by atoms with van der Waals surface area (Å²) in [6.07, 6.45) is 0. The van der Waals surface area contributed by atoms with Gasteiger partial charge in [0.15, 0.2) is 0 Å².